The average Bonchev–Trinajstić information content (AvgIpc) is 3.62. The van der Waals surface area contributed by atoms with Crippen molar-refractivity contribution < 1.29 is 22.9 Å². The Kier molecular flexibility index (Phi) is 7.34. The van der Waals surface area contributed by atoms with Gasteiger partial charge in [0.1, 0.15) is 0 Å². The topological polar surface area (TPSA) is 179 Å². The lowest BCUT2D eigenvalue weighted by atomic mass is 10.0. The van der Waals surface area contributed by atoms with Gasteiger partial charge in [0.15, 0.2) is 9.84 Å². The monoisotopic (exact) mass is 577 g/mol. The number of sulfone groups is 1. The third-order valence-corrected chi connectivity index (χ3v) is 8.51. The van der Waals surface area contributed by atoms with Gasteiger partial charge in [-0.15, -0.1) is 5.53 Å². The highest BCUT2D eigenvalue weighted by Crippen LogP contribution is 2.36. The zero-order valence-electron chi connectivity index (χ0n) is 22.1. The number of hydrogen-bond donors (Lipinski definition) is 5. The van der Waals surface area contributed by atoms with Crippen LogP contribution in [-0.2, 0) is 20.4 Å². The molecule has 0 aliphatic carbocycles. The lowest BCUT2D eigenvalue weighted by Gasteiger charge is -2.15. The number of anilines is 1. The molecule has 13 nitrogen and oxygen atoms in total. The molecular weight excluding hydrogens is 550 g/mol. The van der Waals surface area contributed by atoms with E-state index in [-0.39, 0.29) is 27.6 Å². The molecule has 2 aliphatic rings. The van der Waals surface area contributed by atoms with Crippen LogP contribution in [0.4, 0.5) is 11.4 Å². The molecule has 3 heterocycles. The van der Waals surface area contributed by atoms with Gasteiger partial charge in [-0.05, 0) is 43.7 Å². The van der Waals surface area contributed by atoms with Gasteiger partial charge in [0.25, 0.3) is 17.5 Å². The lowest BCUT2D eigenvalue weighted by molar-refractivity contribution is -0.385. The molecule has 0 saturated carbocycles. The van der Waals surface area contributed by atoms with Gasteiger partial charge < -0.3 is 21.0 Å². The molecule has 2 amide bonds. The second-order valence-electron chi connectivity index (χ2n) is 9.55. The van der Waals surface area contributed by atoms with Crippen molar-refractivity contribution in [3.63, 3.8) is 0 Å². The van der Waals surface area contributed by atoms with E-state index in [1.807, 2.05) is 0 Å². The van der Waals surface area contributed by atoms with Crippen molar-refractivity contribution in [1.82, 2.24) is 26.3 Å². The second kappa shape index (κ2) is 10.9. The molecular formula is C27H27N7O6S. The summed E-state index contributed by atoms with van der Waals surface area (Å²) in [6.45, 7) is 4.45. The summed E-state index contributed by atoms with van der Waals surface area (Å²) >= 11 is 0. The molecule has 0 saturated heterocycles. The minimum Gasteiger partial charge on any atom is -0.358 e. The molecule has 0 radical (unpaired) electrons. The molecule has 0 bridgehead atoms. The number of amides is 2. The number of nitro benzene ring substituents is 1. The van der Waals surface area contributed by atoms with E-state index in [4.69, 9.17) is 0 Å². The van der Waals surface area contributed by atoms with Crippen molar-refractivity contribution in [1.29, 1.82) is 0 Å². The first-order valence-electron chi connectivity index (χ1n) is 12.6. The first kappa shape index (κ1) is 27.6. The van der Waals surface area contributed by atoms with Crippen molar-refractivity contribution >= 4 is 44.7 Å². The lowest BCUT2D eigenvalue weighted by Crippen LogP contribution is -2.40. The summed E-state index contributed by atoms with van der Waals surface area (Å²) in [5, 5.41) is 18.8. The Hall–Kier alpha value is -4.95. The molecule has 1 aromatic heterocycles. The standard InChI is InChI=1S/C27H27N7O6S/c1-16-23(30-17(2)25(16)27(36)28-9-11-33-12-10-29-32-33)14-21-20-13-19(7-8-22(20)31-26(21)35)41(39,40)15-18-5-3-4-6-24(18)34(37)38/h3-8,10,12-14,29-30,32H,9,11,15H2,1-2H3,(H,28,36)(H,31,35)/b21-14-. The van der Waals surface area contributed by atoms with Crippen LogP contribution in [0, 0.1) is 24.0 Å². The van der Waals surface area contributed by atoms with Crippen LogP contribution in [0.5, 0.6) is 0 Å². The molecule has 14 heteroatoms. The molecule has 0 spiro atoms. The number of nitro groups is 1. The molecule has 5 N–H and O–H groups in total. The van der Waals surface area contributed by atoms with E-state index in [1.54, 1.807) is 43.4 Å². The summed E-state index contributed by atoms with van der Waals surface area (Å²) in [4.78, 5) is 39.7. The first-order chi connectivity index (χ1) is 19.5. The van der Waals surface area contributed by atoms with E-state index in [2.05, 4.69) is 26.6 Å². The maximum Gasteiger partial charge on any atom is 0.273 e. The van der Waals surface area contributed by atoms with Crippen LogP contribution in [-0.4, -0.2) is 48.2 Å². The van der Waals surface area contributed by atoms with Crippen molar-refractivity contribution in [2.75, 3.05) is 18.4 Å². The van der Waals surface area contributed by atoms with E-state index in [0.29, 0.717) is 46.9 Å². The Morgan fingerprint density at radius 2 is 1.95 bits per heavy atom. The van der Waals surface area contributed by atoms with Crippen LogP contribution in [0.15, 0.2) is 59.8 Å². The Morgan fingerprint density at radius 1 is 1.17 bits per heavy atom. The molecule has 41 heavy (non-hydrogen) atoms. The van der Waals surface area contributed by atoms with E-state index >= 15 is 0 Å². The summed E-state index contributed by atoms with van der Waals surface area (Å²) in [5.74, 6) is -1.26. The molecule has 2 aliphatic heterocycles. The zero-order chi connectivity index (χ0) is 29.3. The highest BCUT2D eigenvalue weighted by Gasteiger charge is 2.29. The Bertz CT molecular complexity index is 1740. The number of carbonyl (C=O) groups is 2. The van der Waals surface area contributed by atoms with Gasteiger partial charge in [0.2, 0.25) is 0 Å². The number of aromatic nitrogens is 1. The van der Waals surface area contributed by atoms with E-state index in [1.165, 1.54) is 36.4 Å². The van der Waals surface area contributed by atoms with Gasteiger partial charge in [-0.2, -0.15) is 0 Å². The van der Waals surface area contributed by atoms with Crippen LogP contribution in [0.1, 0.15) is 38.4 Å². The first-order valence-corrected chi connectivity index (χ1v) is 14.2. The Morgan fingerprint density at radius 3 is 2.68 bits per heavy atom. The Balaban J connectivity index is 1.41. The van der Waals surface area contributed by atoms with Crippen LogP contribution in [0.25, 0.3) is 11.6 Å². The van der Waals surface area contributed by atoms with Gasteiger partial charge >= 0.3 is 0 Å². The van der Waals surface area contributed by atoms with E-state index < -0.39 is 26.4 Å². The quantitative estimate of drug-likeness (QED) is 0.145. The molecule has 2 aromatic carbocycles. The fraction of sp³-hybridized carbons (Fsp3) is 0.185. The molecule has 5 rings (SSSR count). The third kappa shape index (κ3) is 5.55. The van der Waals surface area contributed by atoms with Gasteiger partial charge in [-0.1, -0.05) is 18.2 Å². The average molecular weight is 578 g/mol. The summed E-state index contributed by atoms with van der Waals surface area (Å²) in [5.41, 5.74) is 8.76. The van der Waals surface area contributed by atoms with Gasteiger partial charge in [-0.25, -0.2) is 8.42 Å². The zero-order valence-corrected chi connectivity index (χ0v) is 23.0. The van der Waals surface area contributed by atoms with Crippen LogP contribution in [0.2, 0.25) is 0 Å². The highest BCUT2D eigenvalue weighted by molar-refractivity contribution is 7.90. The fourth-order valence-electron chi connectivity index (χ4n) is 4.80. The number of hydrazine groups is 2. The normalized spacial score (nSPS) is 15.1. The van der Waals surface area contributed by atoms with Crippen molar-refractivity contribution in [3.8, 4) is 0 Å². The molecule has 3 aromatic rings. The van der Waals surface area contributed by atoms with Gasteiger partial charge in [0, 0.05) is 53.2 Å². The summed E-state index contributed by atoms with van der Waals surface area (Å²) in [6, 6.07) is 9.91. The van der Waals surface area contributed by atoms with Crippen LogP contribution in [0.3, 0.4) is 0 Å². The number of carbonyl (C=O) groups excluding carboxylic acids is 2. The summed E-state index contributed by atoms with van der Waals surface area (Å²) in [7, 11) is -3.99. The number of rotatable bonds is 9. The maximum absolute atomic E-state index is 13.3. The largest absolute Gasteiger partial charge is 0.358 e. The van der Waals surface area contributed by atoms with E-state index in [0.717, 1.165) is 0 Å². The molecule has 0 unspecified atom stereocenters. The maximum atomic E-state index is 13.3. The second-order valence-corrected chi connectivity index (χ2v) is 11.5. The Labute approximate surface area is 235 Å². The molecule has 0 atom stereocenters. The predicted molar refractivity (Wildman–Crippen MR) is 152 cm³/mol. The van der Waals surface area contributed by atoms with Crippen molar-refractivity contribution in [3.05, 3.63) is 98.6 Å². The minimum atomic E-state index is -3.99. The number of aryl methyl sites for hydroxylation is 1. The predicted octanol–water partition coefficient (Wildman–Crippen LogP) is 2.53. The third-order valence-electron chi connectivity index (χ3n) is 6.84. The van der Waals surface area contributed by atoms with Crippen LogP contribution >= 0.6 is 0 Å². The number of nitrogens with one attached hydrogen (secondary N) is 5. The fourth-order valence-corrected chi connectivity index (χ4v) is 6.19. The number of aromatic amines is 1. The number of nitrogens with zero attached hydrogens (tertiary/aromatic N) is 2. The van der Waals surface area contributed by atoms with Gasteiger partial charge in [0.05, 0.1) is 33.3 Å². The molecule has 212 valence electrons. The summed E-state index contributed by atoms with van der Waals surface area (Å²) < 4.78 is 26.5. The minimum absolute atomic E-state index is 0.0658. The van der Waals surface area contributed by atoms with Gasteiger partial charge in [-0.3, -0.25) is 24.7 Å². The number of para-hydroxylation sites is 1. The number of H-pyrrole nitrogens is 1. The number of hydrogen-bond acceptors (Lipinski definition) is 9. The number of fused-ring (bicyclic) bond motifs is 1. The van der Waals surface area contributed by atoms with E-state index in [9.17, 15) is 28.1 Å². The smallest absolute Gasteiger partial charge is 0.273 e. The van der Waals surface area contributed by atoms with Crippen LogP contribution < -0.4 is 21.6 Å². The highest BCUT2D eigenvalue weighted by atomic mass is 32.2. The number of benzene rings is 2. The molecule has 0 fully saturated rings. The summed E-state index contributed by atoms with van der Waals surface area (Å²) in [6.07, 6.45) is 5.12. The van der Waals surface area contributed by atoms with Crippen molar-refractivity contribution in [2.45, 2.75) is 24.5 Å². The SMILES string of the molecule is Cc1[nH]c(/C=C2\C(=O)Nc3ccc(S(=O)(=O)Cc4ccccc4[N+](=O)[O-])cc32)c(C)c1C(=O)NCCN1C=CNN1. The van der Waals surface area contributed by atoms with Crippen molar-refractivity contribution in [2.24, 2.45) is 0 Å².